The second-order valence-electron chi connectivity index (χ2n) is 8.27. The lowest BCUT2D eigenvalue weighted by molar-refractivity contribution is -0.122. The SMILES string of the molecule is Cc1c(Cl)cccc1NC(=O)COc1ccc(/C=C2\SC(=S)N(Cc3ccc4c(c3)OCO4)C2=O)cc1. The molecule has 0 aromatic heterocycles. The molecule has 1 fully saturated rings. The average molecular weight is 553 g/mol. The molecular weight excluding hydrogens is 532 g/mol. The lowest BCUT2D eigenvalue weighted by atomic mass is 10.2. The van der Waals surface area contributed by atoms with Crippen LogP contribution in [-0.2, 0) is 16.1 Å². The van der Waals surface area contributed by atoms with Crippen LogP contribution in [0, 0.1) is 6.92 Å². The van der Waals surface area contributed by atoms with Crippen molar-refractivity contribution in [3.8, 4) is 17.2 Å². The van der Waals surface area contributed by atoms with Crippen LogP contribution in [0.5, 0.6) is 17.2 Å². The van der Waals surface area contributed by atoms with E-state index in [2.05, 4.69) is 5.32 Å². The van der Waals surface area contributed by atoms with Crippen molar-refractivity contribution in [2.24, 2.45) is 0 Å². The zero-order valence-corrected chi connectivity index (χ0v) is 22.0. The molecule has 1 saturated heterocycles. The van der Waals surface area contributed by atoms with E-state index >= 15 is 0 Å². The van der Waals surface area contributed by atoms with E-state index in [1.165, 1.54) is 11.8 Å². The lowest BCUT2D eigenvalue weighted by Gasteiger charge is -2.14. The first-order valence-corrected chi connectivity index (χ1v) is 12.9. The highest BCUT2D eigenvalue weighted by Crippen LogP contribution is 2.36. The summed E-state index contributed by atoms with van der Waals surface area (Å²) in [5.41, 5.74) is 3.16. The van der Waals surface area contributed by atoms with Gasteiger partial charge in [0.2, 0.25) is 6.79 Å². The summed E-state index contributed by atoms with van der Waals surface area (Å²) in [7, 11) is 0. The number of ether oxygens (including phenoxy) is 3. The van der Waals surface area contributed by atoms with Crippen molar-refractivity contribution >= 4 is 63.5 Å². The number of halogens is 1. The molecule has 7 nitrogen and oxygen atoms in total. The number of carbonyl (C=O) groups excluding carboxylic acids is 2. The van der Waals surface area contributed by atoms with Gasteiger partial charge in [-0.15, -0.1) is 0 Å². The Labute approximate surface area is 228 Å². The molecule has 5 rings (SSSR count). The molecule has 0 radical (unpaired) electrons. The minimum atomic E-state index is -0.291. The van der Waals surface area contributed by atoms with Crippen LogP contribution in [0.4, 0.5) is 5.69 Å². The number of hydrogen-bond donors (Lipinski definition) is 1. The molecule has 3 aromatic carbocycles. The van der Waals surface area contributed by atoms with Gasteiger partial charge in [-0.3, -0.25) is 14.5 Å². The fourth-order valence-electron chi connectivity index (χ4n) is 3.75. The van der Waals surface area contributed by atoms with Crippen LogP contribution < -0.4 is 19.5 Å². The molecule has 0 spiro atoms. The summed E-state index contributed by atoms with van der Waals surface area (Å²) in [6.07, 6.45) is 1.79. The van der Waals surface area contributed by atoms with Gasteiger partial charge in [-0.25, -0.2) is 0 Å². The topological polar surface area (TPSA) is 77.1 Å². The highest BCUT2D eigenvalue weighted by molar-refractivity contribution is 8.26. The summed E-state index contributed by atoms with van der Waals surface area (Å²) in [6.45, 7) is 2.23. The fraction of sp³-hybridized carbons (Fsp3) is 0.148. The zero-order chi connectivity index (χ0) is 25.9. The first-order chi connectivity index (χ1) is 17.9. The lowest BCUT2D eigenvalue weighted by Crippen LogP contribution is -2.27. The molecule has 2 amide bonds. The second-order valence-corrected chi connectivity index (χ2v) is 10.4. The molecule has 3 aromatic rings. The predicted octanol–water partition coefficient (Wildman–Crippen LogP) is 5.80. The predicted molar refractivity (Wildman–Crippen MR) is 148 cm³/mol. The Morgan fingerprint density at radius 2 is 1.95 bits per heavy atom. The molecule has 188 valence electrons. The van der Waals surface area contributed by atoms with Crippen molar-refractivity contribution in [2.75, 3.05) is 18.7 Å². The Hall–Kier alpha value is -3.53. The number of carbonyl (C=O) groups is 2. The molecule has 0 atom stereocenters. The summed E-state index contributed by atoms with van der Waals surface area (Å²) >= 11 is 12.8. The van der Waals surface area contributed by atoms with Gasteiger partial charge in [0.05, 0.1) is 11.4 Å². The number of anilines is 1. The van der Waals surface area contributed by atoms with E-state index in [1.54, 1.807) is 41.3 Å². The third kappa shape index (κ3) is 5.74. The van der Waals surface area contributed by atoms with Crippen molar-refractivity contribution in [1.29, 1.82) is 0 Å². The summed E-state index contributed by atoms with van der Waals surface area (Å²) in [5.74, 6) is 1.45. The Kier molecular flexibility index (Phi) is 7.36. The van der Waals surface area contributed by atoms with Gasteiger partial charge in [0.15, 0.2) is 18.1 Å². The molecule has 2 aliphatic rings. The maximum absolute atomic E-state index is 13.0. The van der Waals surface area contributed by atoms with Gasteiger partial charge in [0, 0.05) is 10.7 Å². The van der Waals surface area contributed by atoms with E-state index in [9.17, 15) is 9.59 Å². The van der Waals surface area contributed by atoms with Crippen LogP contribution in [0.15, 0.2) is 65.6 Å². The van der Waals surface area contributed by atoms with Gasteiger partial charge in [-0.05, 0) is 66.1 Å². The first kappa shape index (κ1) is 25.1. The molecule has 0 unspecified atom stereocenters. The fourth-order valence-corrected chi connectivity index (χ4v) is 5.18. The number of amides is 2. The molecule has 1 N–H and O–H groups in total. The Balaban J connectivity index is 1.18. The maximum atomic E-state index is 13.0. The van der Waals surface area contributed by atoms with Gasteiger partial charge >= 0.3 is 0 Å². The first-order valence-electron chi connectivity index (χ1n) is 11.3. The van der Waals surface area contributed by atoms with Crippen LogP contribution in [0.2, 0.25) is 5.02 Å². The molecule has 0 bridgehead atoms. The molecule has 0 aliphatic carbocycles. The Morgan fingerprint density at radius 1 is 1.16 bits per heavy atom. The van der Waals surface area contributed by atoms with E-state index in [1.807, 2.05) is 37.3 Å². The van der Waals surface area contributed by atoms with Crippen molar-refractivity contribution in [3.05, 3.63) is 87.3 Å². The number of hydrogen-bond acceptors (Lipinski definition) is 7. The van der Waals surface area contributed by atoms with Crippen LogP contribution in [-0.4, -0.2) is 34.4 Å². The number of fused-ring (bicyclic) bond motifs is 1. The number of thiocarbonyl (C=S) groups is 1. The summed E-state index contributed by atoms with van der Waals surface area (Å²) in [4.78, 5) is 27.4. The van der Waals surface area contributed by atoms with Crippen LogP contribution in [0.25, 0.3) is 6.08 Å². The number of nitrogens with one attached hydrogen (secondary N) is 1. The van der Waals surface area contributed by atoms with E-state index in [4.69, 9.17) is 38.0 Å². The Bertz CT molecular complexity index is 1420. The molecule has 0 saturated carbocycles. The van der Waals surface area contributed by atoms with Crippen LogP contribution in [0.1, 0.15) is 16.7 Å². The molecule has 10 heteroatoms. The highest BCUT2D eigenvalue weighted by Gasteiger charge is 2.32. The number of thioether (sulfide) groups is 1. The minimum Gasteiger partial charge on any atom is -0.484 e. The molecule has 37 heavy (non-hydrogen) atoms. The maximum Gasteiger partial charge on any atom is 0.266 e. The van der Waals surface area contributed by atoms with E-state index in [0.29, 0.717) is 43.7 Å². The number of rotatable bonds is 7. The molecule has 2 aliphatic heterocycles. The van der Waals surface area contributed by atoms with Crippen LogP contribution >= 0.6 is 35.6 Å². The van der Waals surface area contributed by atoms with Crippen molar-refractivity contribution in [3.63, 3.8) is 0 Å². The van der Waals surface area contributed by atoms with Crippen molar-refractivity contribution in [1.82, 2.24) is 4.90 Å². The minimum absolute atomic E-state index is 0.149. The van der Waals surface area contributed by atoms with Crippen LogP contribution in [0.3, 0.4) is 0 Å². The summed E-state index contributed by atoms with van der Waals surface area (Å²) in [6, 6.07) is 18.0. The standard InChI is InChI=1S/C27H21ClN2O5S2/c1-16-20(28)3-2-4-21(16)29-25(31)14-33-19-8-5-17(6-9-19)12-24-26(32)30(27(36)37-24)13-18-7-10-22-23(11-18)35-15-34-22/h2-12H,13-15H2,1H3,(H,29,31)/b24-12-. The molecule has 2 heterocycles. The number of benzene rings is 3. The zero-order valence-electron chi connectivity index (χ0n) is 19.7. The largest absolute Gasteiger partial charge is 0.484 e. The number of nitrogens with zero attached hydrogens (tertiary/aromatic N) is 1. The monoisotopic (exact) mass is 552 g/mol. The Morgan fingerprint density at radius 3 is 2.76 bits per heavy atom. The third-order valence-electron chi connectivity index (χ3n) is 5.74. The van der Waals surface area contributed by atoms with Gasteiger partial charge < -0.3 is 19.5 Å². The highest BCUT2D eigenvalue weighted by atomic mass is 35.5. The quantitative estimate of drug-likeness (QED) is 0.293. The van der Waals surface area contributed by atoms with Gasteiger partial charge in [-0.2, -0.15) is 0 Å². The van der Waals surface area contributed by atoms with Gasteiger partial charge in [0.1, 0.15) is 10.1 Å². The average Bonchev–Trinajstić information content (AvgIpc) is 3.46. The van der Waals surface area contributed by atoms with E-state index < -0.39 is 0 Å². The van der Waals surface area contributed by atoms with E-state index in [-0.39, 0.29) is 25.2 Å². The summed E-state index contributed by atoms with van der Waals surface area (Å²) in [5, 5.41) is 3.38. The summed E-state index contributed by atoms with van der Waals surface area (Å²) < 4.78 is 16.9. The second kappa shape index (κ2) is 10.8. The van der Waals surface area contributed by atoms with Crippen molar-refractivity contribution in [2.45, 2.75) is 13.5 Å². The normalized spacial score (nSPS) is 15.4. The molecular formula is C27H21ClN2O5S2. The smallest absolute Gasteiger partial charge is 0.266 e. The van der Waals surface area contributed by atoms with Crippen molar-refractivity contribution < 1.29 is 23.8 Å². The van der Waals surface area contributed by atoms with E-state index in [0.717, 1.165) is 16.7 Å². The third-order valence-corrected chi connectivity index (χ3v) is 7.53. The van der Waals surface area contributed by atoms with Gasteiger partial charge in [0.25, 0.3) is 11.8 Å². The van der Waals surface area contributed by atoms with Gasteiger partial charge in [-0.1, -0.05) is 59.8 Å².